The SMILES string of the molecule is Cc1cccc(-c2cc(C(=O)NC(Cc3ccccc3)C(O)C(=O)Nc3ncc[nH]3)cc(N(C)S(C)(=O)=O)c2)c1. The van der Waals surface area contributed by atoms with Crippen LogP contribution in [0.1, 0.15) is 21.5 Å². The van der Waals surface area contributed by atoms with Crippen molar-refractivity contribution in [2.24, 2.45) is 0 Å². The van der Waals surface area contributed by atoms with Gasteiger partial charge in [0, 0.05) is 25.0 Å². The van der Waals surface area contributed by atoms with Crippen molar-refractivity contribution in [3.63, 3.8) is 0 Å². The van der Waals surface area contributed by atoms with Crippen molar-refractivity contribution in [3.05, 3.63) is 102 Å². The highest BCUT2D eigenvalue weighted by Gasteiger charge is 2.29. The van der Waals surface area contributed by atoms with Crippen LogP contribution >= 0.6 is 0 Å². The summed E-state index contributed by atoms with van der Waals surface area (Å²) in [5.74, 6) is -1.17. The van der Waals surface area contributed by atoms with E-state index >= 15 is 0 Å². The molecule has 11 heteroatoms. The van der Waals surface area contributed by atoms with Gasteiger partial charge in [-0.2, -0.15) is 0 Å². The number of imidazole rings is 1. The van der Waals surface area contributed by atoms with Crippen LogP contribution in [0.4, 0.5) is 11.6 Å². The average molecular weight is 562 g/mol. The Morgan fingerprint density at radius 2 is 1.77 bits per heavy atom. The molecule has 4 aromatic rings. The van der Waals surface area contributed by atoms with E-state index in [-0.39, 0.29) is 17.9 Å². The van der Waals surface area contributed by atoms with Crippen molar-refractivity contribution >= 4 is 33.5 Å². The summed E-state index contributed by atoms with van der Waals surface area (Å²) in [5, 5.41) is 16.3. The molecule has 0 aliphatic carbocycles. The van der Waals surface area contributed by atoms with Gasteiger partial charge in [0.2, 0.25) is 16.0 Å². The number of aliphatic hydroxyl groups excluding tert-OH is 1. The van der Waals surface area contributed by atoms with Crippen molar-refractivity contribution in [1.82, 2.24) is 15.3 Å². The molecule has 2 atom stereocenters. The molecular weight excluding hydrogens is 530 g/mol. The van der Waals surface area contributed by atoms with Gasteiger partial charge in [0.15, 0.2) is 6.10 Å². The second-order valence-corrected chi connectivity index (χ2v) is 11.5. The first-order valence-corrected chi connectivity index (χ1v) is 14.4. The number of amides is 2. The number of anilines is 2. The van der Waals surface area contributed by atoms with Gasteiger partial charge in [0.25, 0.3) is 11.8 Å². The fourth-order valence-corrected chi connectivity index (χ4v) is 4.66. The number of carbonyl (C=O) groups excluding carboxylic acids is 2. The standard InChI is InChI=1S/C29H31N5O5S/c1-19-8-7-11-21(14-19)22-16-23(18-24(17-22)34(2)40(3,38)39)27(36)32-25(15-20-9-5-4-6-10-20)26(35)28(37)33-29-30-12-13-31-29/h4-14,16-18,25-26,35H,15H2,1-3H3,(H,32,36)(H2,30,31,33,37). The van der Waals surface area contributed by atoms with Gasteiger partial charge in [-0.05, 0) is 48.2 Å². The van der Waals surface area contributed by atoms with Crippen LogP contribution in [0, 0.1) is 6.92 Å². The number of benzene rings is 3. The molecule has 2 unspecified atom stereocenters. The van der Waals surface area contributed by atoms with Crippen molar-refractivity contribution in [3.8, 4) is 11.1 Å². The summed E-state index contributed by atoms with van der Waals surface area (Å²) in [6.07, 6.45) is 2.60. The lowest BCUT2D eigenvalue weighted by atomic mass is 9.98. The number of nitrogens with one attached hydrogen (secondary N) is 3. The fourth-order valence-electron chi connectivity index (χ4n) is 4.18. The average Bonchev–Trinajstić information content (AvgIpc) is 3.44. The van der Waals surface area contributed by atoms with E-state index in [1.165, 1.54) is 25.5 Å². The van der Waals surface area contributed by atoms with Crippen LogP contribution in [-0.4, -0.2) is 60.8 Å². The molecule has 0 aliphatic rings. The van der Waals surface area contributed by atoms with Gasteiger partial charge >= 0.3 is 0 Å². The smallest absolute Gasteiger partial charge is 0.257 e. The molecular formula is C29H31N5O5S. The number of aryl methyl sites for hydroxylation is 1. The summed E-state index contributed by atoms with van der Waals surface area (Å²) >= 11 is 0. The van der Waals surface area contributed by atoms with Crippen molar-refractivity contribution in [1.29, 1.82) is 0 Å². The molecule has 1 aromatic heterocycles. The number of aliphatic hydroxyl groups is 1. The Bertz CT molecular complexity index is 1590. The lowest BCUT2D eigenvalue weighted by molar-refractivity contribution is -0.125. The van der Waals surface area contributed by atoms with Crippen LogP contribution in [0.25, 0.3) is 11.1 Å². The molecule has 3 aromatic carbocycles. The first-order valence-electron chi connectivity index (χ1n) is 12.5. The third-order valence-corrected chi connectivity index (χ3v) is 7.60. The van der Waals surface area contributed by atoms with E-state index in [1.807, 2.05) is 61.5 Å². The molecule has 2 amide bonds. The minimum atomic E-state index is -3.62. The first kappa shape index (κ1) is 28.5. The number of nitrogens with zero attached hydrogens (tertiary/aromatic N) is 2. The molecule has 208 valence electrons. The van der Waals surface area contributed by atoms with Gasteiger partial charge in [-0.3, -0.25) is 19.2 Å². The van der Waals surface area contributed by atoms with Gasteiger partial charge in [0.1, 0.15) is 0 Å². The molecule has 0 radical (unpaired) electrons. The zero-order chi connectivity index (χ0) is 28.9. The van der Waals surface area contributed by atoms with E-state index in [2.05, 4.69) is 20.6 Å². The van der Waals surface area contributed by atoms with E-state index in [4.69, 9.17) is 0 Å². The van der Waals surface area contributed by atoms with Crippen molar-refractivity contribution in [2.75, 3.05) is 22.9 Å². The zero-order valence-electron chi connectivity index (χ0n) is 22.3. The molecule has 40 heavy (non-hydrogen) atoms. The number of aromatic amines is 1. The van der Waals surface area contributed by atoms with E-state index in [0.29, 0.717) is 11.3 Å². The van der Waals surface area contributed by atoms with Gasteiger partial charge < -0.3 is 15.4 Å². The van der Waals surface area contributed by atoms with Crippen LogP contribution in [0.5, 0.6) is 0 Å². The van der Waals surface area contributed by atoms with Crippen molar-refractivity contribution < 1.29 is 23.1 Å². The van der Waals surface area contributed by atoms with Crippen LogP contribution in [-0.2, 0) is 21.2 Å². The molecule has 10 nitrogen and oxygen atoms in total. The lowest BCUT2D eigenvalue weighted by Crippen LogP contribution is -2.50. The molecule has 0 spiro atoms. The molecule has 4 N–H and O–H groups in total. The second-order valence-electron chi connectivity index (χ2n) is 9.51. The molecule has 4 rings (SSSR count). The molecule has 0 saturated carbocycles. The Balaban J connectivity index is 1.69. The van der Waals surface area contributed by atoms with Gasteiger partial charge in [0.05, 0.1) is 18.0 Å². The molecule has 1 heterocycles. The summed E-state index contributed by atoms with van der Waals surface area (Å²) < 4.78 is 25.8. The Labute approximate surface area is 233 Å². The summed E-state index contributed by atoms with van der Waals surface area (Å²) in [6.45, 7) is 1.94. The highest BCUT2D eigenvalue weighted by atomic mass is 32.2. The highest BCUT2D eigenvalue weighted by molar-refractivity contribution is 7.92. The molecule has 0 aliphatic heterocycles. The summed E-state index contributed by atoms with van der Waals surface area (Å²) in [7, 11) is -2.21. The van der Waals surface area contributed by atoms with E-state index in [9.17, 15) is 23.1 Å². The normalized spacial score (nSPS) is 12.8. The Morgan fingerprint density at radius 1 is 1.02 bits per heavy atom. The van der Waals surface area contributed by atoms with E-state index < -0.39 is 34.0 Å². The number of hydrogen-bond acceptors (Lipinski definition) is 6. The first-order chi connectivity index (χ1) is 19.0. The van der Waals surface area contributed by atoms with Crippen molar-refractivity contribution in [2.45, 2.75) is 25.5 Å². The highest BCUT2D eigenvalue weighted by Crippen LogP contribution is 2.28. The van der Waals surface area contributed by atoms with Crippen LogP contribution in [0.15, 0.2) is 85.2 Å². The topological polar surface area (TPSA) is 144 Å². The molecule has 0 bridgehead atoms. The molecule has 0 fully saturated rings. The number of carbonyl (C=O) groups is 2. The maximum atomic E-state index is 13.6. The Hall–Kier alpha value is -4.48. The van der Waals surface area contributed by atoms with Gasteiger partial charge in [-0.15, -0.1) is 0 Å². The second kappa shape index (κ2) is 12.1. The Kier molecular flexibility index (Phi) is 8.66. The monoisotopic (exact) mass is 561 g/mol. The number of hydrogen-bond donors (Lipinski definition) is 4. The van der Waals surface area contributed by atoms with Crippen LogP contribution in [0.3, 0.4) is 0 Å². The number of sulfonamides is 1. The minimum absolute atomic E-state index is 0.160. The largest absolute Gasteiger partial charge is 0.381 e. The Morgan fingerprint density at radius 3 is 2.42 bits per heavy atom. The maximum Gasteiger partial charge on any atom is 0.257 e. The fraction of sp³-hybridized carbons (Fsp3) is 0.207. The van der Waals surface area contributed by atoms with E-state index in [1.54, 1.807) is 12.1 Å². The van der Waals surface area contributed by atoms with Gasteiger partial charge in [-0.25, -0.2) is 13.4 Å². The lowest BCUT2D eigenvalue weighted by Gasteiger charge is -2.24. The van der Waals surface area contributed by atoms with Crippen LogP contribution < -0.4 is 14.9 Å². The third kappa shape index (κ3) is 7.13. The zero-order valence-corrected chi connectivity index (χ0v) is 23.1. The summed E-state index contributed by atoms with van der Waals surface area (Å²) in [5.41, 5.74) is 3.69. The van der Waals surface area contributed by atoms with Crippen LogP contribution in [0.2, 0.25) is 0 Å². The number of aromatic nitrogens is 2. The minimum Gasteiger partial charge on any atom is -0.381 e. The summed E-state index contributed by atoms with van der Waals surface area (Å²) in [6, 6.07) is 20.6. The quantitative estimate of drug-likeness (QED) is 0.234. The number of rotatable bonds is 10. The van der Waals surface area contributed by atoms with Gasteiger partial charge in [-0.1, -0.05) is 60.2 Å². The summed E-state index contributed by atoms with van der Waals surface area (Å²) in [4.78, 5) is 33.1. The predicted molar refractivity (Wildman–Crippen MR) is 154 cm³/mol. The van der Waals surface area contributed by atoms with E-state index in [0.717, 1.165) is 27.3 Å². The predicted octanol–water partition coefficient (Wildman–Crippen LogP) is 3.12. The maximum absolute atomic E-state index is 13.6. The number of H-pyrrole nitrogens is 1. The third-order valence-electron chi connectivity index (χ3n) is 6.40. The molecule has 0 saturated heterocycles.